The second-order valence-electron chi connectivity index (χ2n) is 7.15. The molecule has 2 N–H and O–H groups in total. The summed E-state index contributed by atoms with van der Waals surface area (Å²) in [5.74, 6) is -0.146. The van der Waals surface area contributed by atoms with Gasteiger partial charge >= 0.3 is 0 Å². The van der Waals surface area contributed by atoms with Gasteiger partial charge < -0.3 is 5.21 Å². The number of carbonyl (C=O) groups excluding carboxylic acids is 2. The third-order valence-corrected chi connectivity index (χ3v) is 4.80. The van der Waals surface area contributed by atoms with Crippen LogP contribution < -0.4 is 0 Å². The number of hydrogen-bond donors (Lipinski definition) is 0. The van der Waals surface area contributed by atoms with Gasteiger partial charge in [-0.25, -0.2) is 0 Å². The summed E-state index contributed by atoms with van der Waals surface area (Å²) in [6.45, 7) is 10.4. The van der Waals surface area contributed by atoms with Gasteiger partial charge in [-0.3, -0.25) is 14.5 Å². The lowest BCUT2D eigenvalue weighted by molar-refractivity contribution is -0.197. The molecule has 2 aliphatic rings. The van der Waals surface area contributed by atoms with Gasteiger partial charge in [-0.2, -0.15) is 0 Å². The zero-order valence-corrected chi connectivity index (χ0v) is 12.5. The Bertz CT molecular complexity index is 417. The van der Waals surface area contributed by atoms with E-state index >= 15 is 0 Å². The third kappa shape index (κ3) is 2.19. The molecule has 0 aromatic rings. The van der Waals surface area contributed by atoms with Crippen LogP contribution in [-0.4, -0.2) is 44.6 Å². The van der Waals surface area contributed by atoms with E-state index < -0.39 is 0 Å². The SMILES string of the molecule is C[C@@H]1CC(=O)N(CC2CC(C)(C)N([OH2+])C2(C)C)C1=O. The summed E-state index contributed by atoms with van der Waals surface area (Å²) in [5.41, 5.74) is -0.540. The predicted molar refractivity (Wildman–Crippen MR) is 72.2 cm³/mol. The molecule has 5 nitrogen and oxygen atoms in total. The lowest BCUT2D eigenvalue weighted by atomic mass is 9.86. The molecule has 2 rings (SSSR count). The molecule has 2 amide bonds. The number of hydrogen-bond acceptors (Lipinski definition) is 3. The van der Waals surface area contributed by atoms with Crippen molar-refractivity contribution in [3.63, 3.8) is 0 Å². The first-order valence-corrected chi connectivity index (χ1v) is 6.93. The van der Waals surface area contributed by atoms with Gasteiger partial charge in [0.25, 0.3) is 0 Å². The van der Waals surface area contributed by atoms with E-state index in [0.717, 1.165) is 6.42 Å². The van der Waals surface area contributed by atoms with Crippen LogP contribution in [0.5, 0.6) is 0 Å². The van der Waals surface area contributed by atoms with Gasteiger partial charge in [0.05, 0.1) is 11.1 Å². The molecule has 0 aliphatic carbocycles. The molecule has 2 heterocycles. The van der Waals surface area contributed by atoms with Crippen LogP contribution in [0, 0.1) is 11.8 Å². The smallest absolute Gasteiger partial charge is 0.232 e. The third-order valence-electron chi connectivity index (χ3n) is 4.80. The minimum Gasteiger partial charge on any atom is -0.338 e. The van der Waals surface area contributed by atoms with E-state index in [0.29, 0.717) is 13.0 Å². The summed E-state index contributed by atoms with van der Waals surface area (Å²) in [6.07, 6.45) is 1.16. The lowest BCUT2D eigenvalue weighted by Crippen LogP contribution is -2.49. The summed E-state index contributed by atoms with van der Waals surface area (Å²) in [6, 6.07) is 0. The molecule has 0 aromatic heterocycles. The highest BCUT2D eigenvalue weighted by molar-refractivity contribution is 6.03. The van der Waals surface area contributed by atoms with E-state index in [2.05, 4.69) is 0 Å². The normalized spacial score (nSPS) is 34.3. The molecule has 0 spiro atoms. The largest absolute Gasteiger partial charge is 0.338 e. The monoisotopic (exact) mass is 269 g/mol. The Labute approximate surface area is 114 Å². The van der Waals surface area contributed by atoms with E-state index in [1.165, 1.54) is 4.90 Å². The Morgan fingerprint density at radius 2 is 1.84 bits per heavy atom. The Kier molecular flexibility index (Phi) is 3.26. The van der Waals surface area contributed by atoms with Crippen LogP contribution >= 0.6 is 0 Å². The fourth-order valence-electron chi connectivity index (χ4n) is 3.46. The number of likely N-dealkylation sites (tertiary alicyclic amines) is 1. The molecule has 0 radical (unpaired) electrons. The average Bonchev–Trinajstić information content (AvgIpc) is 2.60. The van der Waals surface area contributed by atoms with E-state index in [9.17, 15) is 9.59 Å². The van der Waals surface area contributed by atoms with Crippen LogP contribution in [0.3, 0.4) is 0 Å². The molecule has 2 fully saturated rings. The van der Waals surface area contributed by atoms with Gasteiger partial charge in [0, 0.05) is 24.8 Å². The zero-order valence-electron chi connectivity index (χ0n) is 12.5. The molecule has 5 heteroatoms. The standard InChI is InChI=1S/C14H24N2O3/c1-9-6-11(17)15(12(9)18)8-10-7-13(2,3)16(19)14(10,4)5/h9-10,19H,6-8H2,1-5H3/p+1/t9-,10?/m1/s1. The van der Waals surface area contributed by atoms with E-state index in [1.54, 1.807) is 12.0 Å². The summed E-state index contributed by atoms with van der Waals surface area (Å²) in [4.78, 5) is 25.3. The number of nitrogens with zero attached hydrogens (tertiary/aromatic N) is 2. The summed E-state index contributed by atoms with van der Waals surface area (Å²) < 4.78 is 0. The number of carbonyl (C=O) groups is 2. The van der Waals surface area contributed by atoms with Crippen molar-refractivity contribution in [2.45, 2.75) is 58.5 Å². The van der Waals surface area contributed by atoms with Gasteiger partial charge in [-0.15, -0.1) is 0 Å². The van der Waals surface area contributed by atoms with Crippen molar-refractivity contribution in [1.82, 2.24) is 9.96 Å². The molecule has 2 atom stereocenters. The first kappa shape index (κ1) is 14.5. The lowest BCUT2D eigenvalue weighted by Gasteiger charge is -2.32. The Hall–Kier alpha value is -0.940. The first-order chi connectivity index (χ1) is 8.57. The second-order valence-corrected chi connectivity index (χ2v) is 7.15. The van der Waals surface area contributed by atoms with Crippen molar-refractivity contribution < 1.29 is 14.8 Å². The van der Waals surface area contributed by atoms with Gasteiger partial charge in [0.1, 0.15) is 0 Å². The maximum absolute atomic E-state index is 12.0. The van der Waals surface area contributed by atoms with Crippen LogP contribution in [0.25, 0.3) is 0 Å². The minimum absolute atomic E-state index is 0.0537. The van der Waals surface area contributed by atoms with Gasteiger partial charge in [-0.1, -0.05) is 12.0 Å². The second kappa shape index (κ2) is 4.28. The Balaban J connectivity index is 2.16. The fourth-order valence-corrected chi connectivity index (χ4v) is 3.46. The Morgan fingerprint density at radius 1 is 1.26 bits per heavy atom. The van der Waals surface area contributed by atoms with E-state index in [-0.39, 0.29) is 34.7 Å². The van der Waals surface area contributed by atoms with Crippen molar-refractivity contribution in [1.29, 1.82) is 0 Å². The number of amides is 2. The van der Waals surface area contributed by atoms with E-state index in [4.69, 9.17) is 5.21 Å². The molecular weight excluding hydrogens is 244 g/mol. The first-order valence-electron chi connectivity index (χ1n) is 6.93. The van der Waals surface area contributed by atoms with Crippen molar-refractivity contribution in [3.8, 4) is 0 Å². The topological polar surface area (TPSA) is 63.5 Å². The van der Waals surface area contributed by atoms with Crippen LogP contribution in [0.2, 0.25) is 0 Å². The van der Waals surface area contributed by atoms with Crippen molar-refractivity contribution >= 4 is 11.8 Å². The predicted octanol–water partition coefficient (Wildman–Crippen LogP) is 0.900. The molecule has 2 aliphatic heterocycles. The summed E-state index contributed by atoms with van der Waals surface area (Å²) in [5, 5.41) is 9.85. The van der Waals surface area contributed by atoms with Gasteiger partial charge in [-0.05, 0) is 34.1 Å². The summed E-state index contributed by atoms with van der Waals surface area (Å²) in [7, 11) is 0. The van der Waals surface area contributed by atoms with Crippen molar-refractivity contribution in [3.05, 3.63) is 0 Å². The van der Waals surface area contributed by atoms with E-state index in [1.807, 2.05) is 27.7 Å². The molecule has 0 saturated carbocycles. The quantitative estimate of drug-likeness (QED) is 0.552. The Morgan fingerprint density at radius 3 is 2.21 bits per heavy atom. The number of hydroxylamine groups is 2. The molecule has 19 heavy (non-hydrogen) atoms. The highest BCUT2D eigenvalue weighted by atomic mass is 16.5. The maximum Gasteiger partial charge on any atom is 0.232 e. The maximum atomic E-state index is 12.0. The molecule has 0 aromatic carbocycles. The van der Waals surface area contributed by atoms with Crippen molar-refractivity contribution in [2.75, 3.05) is 6.54 Å². The van der Waals surface area contributed by atoms with Gasteiger partial charge in [0.2, 0.25) is 11.8 Å². The number of rotatable bonds is 2. The van der Waals surface area contributed by atoms with Gasteiger partial charge in [0.15, 0.2) is 0 Å². The van der Waals surface area contributed by atoms with Crippen LogP contribution in [-0.2, 0) is 9.59 Å². The van der Waals surface area contributed by atoms with Crippen LogP contribution in [0.15, 0.2) is 0 Å². The van der Waals surface area contributed by atoms with Crippen LogP contribution in [0.4, 0.5) is 0 Å². The molecule has 2 saturated heterocycles. The van der Waals surface area contributed by atoms with Crippen LogP contribution in [0.1, 0.15) is 47.5 Å². The molecule has 108 valence electrons. The number of imide groups is 1. The molecular formula is C14H25N2O3+. The minimum atomic E-state index is -0.324. The highest BCUT2D eigenvalue weighted by Crippen LogP contribution is 2.44. The zero-order chi connectivity index (χ0) is 14.6. The van der Waals surface area contributed by atoms with Crippen molar-refractivity contribution in [2.24, 2.45) is 11.8 Å². The summed E-state index contributed by atoms with van der Waals surface area (Å²) >= 11 is 0. The molecule has 1 unspecified atom stereocenters. The molecule has 0 bridgehead atoms. The fraction of sp³-hybridized carbons (Fsp3) is 0.857. The highest BCUT2D eigenvalue weighted by Gasteiger charge is 2.56. The average molecular weight is 269 g/mol.